The molecule has 0 spiro atoms. The lowest BCUT2D eigenvalue weighted by Crippen LogP contribution is -2.33. The van der Waals surface area contributed by atoms with Crippen molar-refractivity contribution in [3.63, 3.8) is 0 Å². The van der Waals surface area contributed by atoms with E-state index in [9.17, 15) is 0 Å². The fourth-order valence-corrected chi connectivity index (χ4v) is 2.71. The minimum atomic E-state index is -0.0458. The number of halogens is 1. The fourth-order valence-electron chi connectivity index (χ4n) is 1.54. The van der Waals surface area contributed by atoms with Gasteiger partial charge in [-0.05, 0) is 19.2 Å². The Morgan fingerprint density at radius 2 is 2.13 bits per heavy atom. The summed E-state index contributed by atoms with van der Waals surface area (Å²) in [6.07, 6.45) is 0. The predicted molar refractivity (Wildman–Crippen MR) is 66.5 cm³/mol. The topological polar surface area (TPSA) is 23.5 Å². The van der Waals surface area contributed by atoms with E-state index < -0.39 is 0 Å². The van der Waals surface area contributed by atoms with Crippen molar-refractivity contribution < 1.29 is 5.11 Å². The lowest BCUT2D eigenvalue weighted by atomic mass is 9.94. The van der Waals surface area contributed by atoms with Gasteiger partial charge < -0.3 is 10.0 Å². The summed E-state index contributed by atoms with van der Waals surface area (Å²) in [5, 5.41) is 9.17. The molecule has 1 aromatic rings. The minimum absolute atomic E-state index is 0.0458. The SMILES string of the molecule is CN(Cc1ccc(Cl)s1)CC(C)(C)CO. The van der Waals surface area contributed by atoms with Crippen LogP contribution in [0.1, 0.15) is 18.7 Å². The van der Waals surface area contributed by atoms with E-state index in [-0.39, 0.29) is 12.0 Å². The molecule has 0 aromatic carbocycles. The quantitative estimate of drug-likeness (QED) is 0.865. The molecule has 0 saturated carbocycles. The Kier molecular flexibility index (Phi) is 4.59. The molecule has 1 heterocycles. The molecular formula is C11H18ClNOS. The van der Waals surface area contributed by atoms with E-state index in [2.05, 4.69) is 31.9 Å². The van der Waals surface area contributed by atoms with Crippen LogP contribution in [0.5, 0.6) is 0 Å². The molecule has 1 rings (SSSR count). The van der Waals surface area contributed by atoms with Gasteiger partial charge >= 0.3 is 0 Å². The summed E-state index contributed by atoms with van der Waals surface area (Å²) >= 11 is 7.48. The van der Waals surface area contributed by atoms with Crippen LogP contribution in [0.3, 0.4) is 0 Å². The van der Waals surface area contributed by atoms with Crippen LogP contribution in [-0.2, 0) is 6.54 Å². The summed E-state index contributed by atoms with van der Waals surface area (Å²) in [7, 11) is 2.06. The van der Waals surface area contributed by atoms with Gasteiger partial charge in [0.15, 0.2) is 0 Å². The van der Waals surface area contributed by atoms with Gasteiger partial charge in [0.2, 0.25) is 0 Å². The van der Waals surface area contributed by atoms with Crippen LogP contribution in [0, 0.1) is 5.41 Å². The average molecular weight is 248 g/mol. The van der Waals surface area contributed by atoms with Gasteiger partial charge in [0.05, 0.1) is 4.34 Å². The summed E-state index contributed by atoms with van der Waals surface area (Å²) < 4.78 is 0.833. The summed E-state index contributed by atoms with van der Waals surface area (Å²) in [6.45, 7) is 6.10. The first-order valence-corrected chi connectivity index (χ1v) is 6.16. The highest BCUT2D eigenvalue weighted by molar-refractivity contribution is 7.16. The van der Waals surface area contributed by atoms with E-state index >= 15 is 0 Å². The van der Waals surface area contributed by atoms with E-state index in [0.29, 0.717) is 0 Å². The number of hydrogen-bond donors (Lipinski definition) is 1. The van der Waals surface area contributed by atoms with E-state index in [4.69, 9.17) is 16.7 Å². The standard InChI is InChI=1S/C11H18ClNOS/c1-11(2,8-14)7-13(3)6-9-4-5-10(12)15-9/h4-5,14H,6-8H2,1-3H3. The van der Waals surface area contributed by atoms with Gasteiger partial charge in [-0.2, -0.15) is 0 Å². The molecule has 0 atom stereocenters. The van der Waals surface area contributed by atoms with Gasteiger partial charge in [-0.1, -0.05) is 25.4 Å². The van der Waals surface area contributed by atoms with Crippen molar-refractivity contribution in [3.05, 3.63) is 21.3 Å². The van der Waals surface area contributed by atoms with Crippen molar-refractivity contribution in [3.8, 4) is 0 Å². The van der Waals surface area contributed by atoms with Crippen molar-refractivity contribution in [1.82, 2.24) is 4.90 Å². The van der Waals surface area contributed by atoms with Gasteiger partial charge in [0, 0.05) is 30.0 Å². The molecule has 0 aliphatic heterocycles. The molecule has 0 amide bonds. The number of nitrogens with zero attached hydrogens (tertiary/aromatic N) is 1. The molecule has 2 nitrogen and oxygen atoms in total. The first kappa shape index (κ1) is 13.0. The summed E-state index contributed by atoms with van der Waals surface area (Å²) in [5.41, 5.74) is -0.0458. The van der Waals surface area contributed by atoms with Crippen molar-refractivity contribution in [2.24, 2.45) is 5.41 Å². The average Bonchev–Trinajstić information content (AvgIpc) is 2.50. The largest absolute Gasteiger partial charge is 0.396 e. The highest BCUT2D eigenvalue weighted by atomic mass is 35.5. The van der Waals surface area contributed by atoms with Gasteiger partial charge in [-0.15, -0.1) is 11.3 Å². The Bertz CT molecular complexity index is 311. The van der Waals surface area contributed by atoms with Gasteiger partial charge in [0.25, 0.3) is 0 Å². The lowest BCUT2D eigenvalue weighted by Gasteiger charge is -2.28. The second kappa shape index (κ2) is 5.30. The van der Waals surface area contributed by atoms with Crippen LogP contribution in [0.15, 0.2) is 12.1 Å². The molecular weight excluding hydrogens is 230 g/mol. The minimum Gasteiger partial charge on any atom is -0.396 e. The normalized spacial score (nSPS) is 12.4. The Hall–Kier alpha value is -0.0900. The molecule has 0 fully saturated rings. The van der Waals surface area contributed by atoms with Crippen molar-refractivity contribution in [1.29, 1.82) is 0 Å². The number of aliphatic hydroxyl groups is 1. The second-order valence-electron chi connectivity index (χ2n) is 4.70. The molecule has 0 radical (unpaired) electrons. The Balaban J connectivity index is 2.46. The molecule has 1 N–H and O–H groups in total. The summed E-state index contributed by atoms with van der Waals surface area (Å²) in [4.78, 5) is 3.47. The highest BCUT2D eigenvalue weighted by Crippen LogP contribution is 2.23. The molecule has 0 bridgehead atoms. The molecule has 1 aromatic heterocycles. The second-order valence-corrected chi connectivity index (χ2v) is 6.50. The van der Waals surface area contributed by atoms with Crippen LogP contribution in [0.25, 0.3) is 0 Å². The van der Waals surface area contributed by atoms with E-state index in [0.717, 1.165) is 17.4 Å². The van der Waals surface area contributed by atoms with E-state index in [1.807, 2.05) is 6.07 Å². The molecule has 0 aliphatic carbocycles. The van der Waals surface area contributed by atoms with Gasteiger partial charge in [0.1, 0.15) is 0 Å². The zero-order chi connectivity index (χ0) is 11.5. The third-order valence-electron chi connectivity index (χ3n) is 2.18. The fraction of sp³-hybridized carbons (Fsp3) is 0.636. The number of hydrogen-bond acceptors (Lipinski definition) is 3. The number of thiophene rings is 1. The van der Waals surface area contributed by atoms with Gasteiger partial charge in [-0.3, -0.25) is 0 Å². The molecule has 86 valence electrons. The van der Waals surface area contributed by atoms with E-state index in [1.54, 1.807) is 11.3 Å². The smallest absolute Gasteiger partial charge is 0.0931 e. The zero-order valence-electron chi connectivity index (χ0n) is 9.46. The van der Waals surface area contributed by atoms with Gasteiger partial charge in [-0.25, -0.2) is 0 Å². The van der Waals surface area contributed by atoms with Crippen LogP contribution in [0.2, 0.25) is 4.34 Å². The monoisotopic (exact) mass is 247 g/mol. The van der Waals surface area contributed by atoms with Crippen molar-refractivity contribution in [2.45, 2.75) is 20.4 Å². The maximum absolute atomic E-state index is 9.17. The zero-order valence-corrected chi connectivity index (χ0v) is 11.0. The number of aliphatic hydroxyl groups excluding tert-OH is 1. The van der Waals surface area contributed by atoms with Crippen LogP contribution in [0.4, 0.5) is 0 Å². The van der Waals surface area contributed by atoms with Crippen molar-refractivity contribution in [2.75, 3.05) is 20.2 Å². The Morgan fingerprint density at radius 3 is 2.60 bits per heavy atom. The number of rotatable bonds is 5. The first-order chi connectivity index (χ1) is 6.93. The molecule has 4 heteroatoms. The Morgan fingerprint density at radius 1 is 1.47 bits per heavy atom. The maximum Gasteiger partial charge on any atom is 0.0931 e. The van der Waals surface area contributed by atoms with Crippen LogP contribution >= 0.6 is 22.9 Å². The third-order valence-corrected chi connectivity index (χ3v) is 3.40. The van der Waals surface area contributed by atoms with E-state index in [1.165, 1.54) is 4.88 Å². The van der Waals surface area contributed by atoms with Crippen LogP contribution < -0.4 is 0 Å². The maximum atomic E-state index is 9.17. The third kappa shape index (κ3) is 4.51. The molecule has 0 unspecified atom stereocenters. The Labute approximate surface area is 100 Å². The van der Waals surface area contributed by atoms with Crippen molar-refractivity contribution >= 4 is 22.9 Å². The summed E-state index contributed by atoms with van der Waals surface area (Å²) in [6, 6.07) is 3.97. The highest BCUT2D eigenvalue weighted by Gasteiger charge is 2.19. The molecule has 0 aliphatic rings. The summed E-state index contributed by atoms with van der Waals surface area (Å²) in [5.74, 6) is 0. The van der Waals surface area contributed by atoms with Crippen LogP contribution in [-0.4, -0.2) is 30.2 Å². The molecule has 0 saturated heterocycles. The molecule has 15 heavy (non-hydrogen) atoms. The first-order valence-electron chi connectivity index (χ1n) is 4.96. The lowest BCUT2D eigenvalue weighted by molar-refractivity contribution is 0.113. The predicted octanol–water partition coefficient (Wildman–Crippen LogP) is 2.85.